The summed E-state index contributed by atoms with van der Waals surface area (Å²) < 4.78 is 10.7. The molecule has 0 aliphatic carbocycles. The lowest BCUT2D eigenvalue weighted by Gasteiger charge is -2.13. The number of anilines is 1. The molecule has 0 aliphatic rings. The van der Waals surface area contributed by atoms with Crippen molar-refractivity contribution in [1.29, 1.82) is 0 Å². The third kappa shape index (κ3) is 2.09. The lowest BCUT2D eigenvalue weighted by Crippen LogP contribution is -1.97. The molecule has 18 heavy (non-hydrogen) atoms. The molecule has 0 aliphatic heterocycles. The van der Waals surface area contributed by atoms with Crippen molar-refractivity contribution in [3.8, 4) is 22.8 Å². The van der Waals surface area contributed by atoms with Gasteiger partial charge in [0.15, 0.2) is 11.5 Å². The SMILES string of the molecule is COc1cccc(-c2ncc(N)cc2C)c1OC. The summed E-state index contributed by atoms with van der Waals surface area (Å²) in [6.07, 6.45) is 1.64. The Labute approximate surface area is 106 Å². The standard InChI is InChI=1S/C14H16N2O2/c1-9-7-10(15)8-16-13(9)11-5-4-6-12(17-2)14(11)18-3/h4-8H,15H2,1-3H3. The van der Waals surface area contributed by atoms with Gasteiger partial charge in [0.1, 0.15) is 0 Å². The molecular formula is C14H16N2O2. The molecular weight excluding hydrogens is 228 g/mol. The number of nitrogens with zero attached hydrogens (tertiary/aromatic N) is 1. The smallest absolute Gasteiger partial charge is 0.170 e. The Morgan fingerprint density at radius 2 is 1.94 bits per heavy atom. The molecule has 4 heteroatoms. The lowest BCUT2D eigenvalue weighted by atomic mass is 10.0. The van der Waals surface area contributed by atoms with Crippen LogP contribution in [0.5, 0.6) is 11.5 Å². The fourth-order valence-corrected chi connectivity index (χ4v) is 1.95. The molecule has 0 bridgehead atoms. The number of methoxy groups -OCH3 is 2. The minimum Gasteiger partial charge on any atom is -0.493 e. The van der Waals surface area contributed by atoms with Crippen LogP contribution in [0.15, 0.2) is 30.5 Å². The first-order valence-electron chi connectivity index (χ1n) is 5.61. The number of hydrogen-bond donors (Lipinski definition) is 1. The van der Waals surface area contributed by atoms with E-state index in [4.69, 9.17) is 15.2 Å². The minimum absolute atomic E-state index is 0.651. The molecule has 1 aromatic heterocycles. The second kappa shape index (κ2) is 4.96. The molecule has 2 N–H and O–H groups in total. The predicted molar refractivity (Wildman–Crippen MR) is 71.9 cm³/mol. The van der Waals surface area contributed by atoms with E-state index in [0.29, 0.717) is 17.2 Å². The molecule has 0 spiro atoms. The zero-order valence-electron chi connectivity index (χ0n) is 10.7. The normalized spacial score (nSPS) is 10.2. The average molecular weight is 244 g/mol. The Balaban J connectivity index is 2.63. The molecule has 2 aromatic rings. The van der Waals surface area contributed by atoms with E-state index in [2.05, 4.69) is 4.98 Å². The molecule has 0 saturated heterocycles. The van der Waals surface area contributed by atoms with E-state index in [9.17, 15) is 0 Å². The third-order valence-electron chi connectivity index (χ3n) is 2.76. The number of aryl methyl sites for hydroxylation is 1. The van der Waals surface area contributed by atoms with E-state index < -0.39 is 0 Å². The summed E-state index contributed by atoms with van der Waals surface area (Å²) in [4.78, 5) is 4.37. The maximum atomic E-state index is 5.71. The highest BCUT2D eigenvalue weighted by molar-refractivity contribution is 5.74. The molecule has 0 unspecified atom stereocenters. The van der Waals surface area contributed by atoms with Gasteiger partial charge >= 0.3 is 0 Å². The first kappa shape index (κ1) is 12.2. The zero-order chi connectivity index (χ0) is 13.1. The van der Waals surface area contributed by atoms with Gasteiger partial charge in [-0.05, 0) is 30.7 Å². The first-order valence-corrected chi connectivity index (χ1v) is 5.61. The van der Waals surface area contributed by atoms with Crippen molar-refractivity contribution >= 4 is 5.69 Å². The first-order chi connectivity index (χ1) is 8.67. The highest BCUT2D eigenvalue weighted by Crippen LogP contribution is 2.38. The Morgan fingerprint density at radius 1 is 1.17 bits per heavy atom. The lowest BCUT2D eigenvalue weighted by molar-refractivity contribution is 0.356. The molecule has 4 nitrogen and oxygen atoms in total. The molecule has 0 atom stereocenters. The second-order valence-corrected chi connectivity index (χ2v) is 3.98. The summed E-state index contributed by atoms with van der Waals surface area (Å²) in [5.41, 5.74) is 9.11. The number of aromatic nitrogens is 1. The van der Waals surface area contributed by atoms with Crippen molar-refractivity contribution in [2.75, 3.05) is 20.0 Å². The van der Waals surface area contributed by atoms with Crippen LogP contribution in [0.1, 0.15) is 5.56 Å². The molecule has 0 fully saturated rings. The summed E-state index contributed by atoms with van der Waals surface area (Å²) in [5.74, 6) is 1.37. The van der Waals surface area contributed by atoms with E-state index in [1.165, 1.54) is 0 Å². The van der Waals surface area contributed by atoms with Crippen molar-refractivity contribution in [3.05, 3.63) is 36.0 Å². The van der Waals surface area contributed by atoms with E-state index in [-0.39, 0.29) is 0 Å². The molecule has 0 amide bonds. The van der Waals surface area contributed by atoms with Crippen LogP contribution in [-0.2, 0) is 0 Å². The van der Waals surface area contributed by atoms with Gasteiger partial charge in [-0.2, -0.15) is 0 Å². The summed E-state index contributed by atoms with van der Waals surface area (Å²) >= 11 is 0. The average Bonchev–Trinajstić information content (AvgIpc) is 2.37. The number of nitrogens with two attached hydrogens (primary N) is 1. The number of para-hydroxylation sites is 1. The number of hydrogen-bond acceptors (Lipinski definition) is 4. The van der Waals surface area contributed by atoms with Crippen LogP contribution >= 0.6 is 0 Å². The third-order valence-corrected chi connectivity index (χ3v) is 2.76. The fraction of sp³-hybridized carbons (Fsp3) is 0.214. The number of ether oxygens (including phenoxy) is 2. The topological polar surface area (TPSA) is 57.4 Å². The van der Waals surface area contributed by atoms with Gasteiger partial charge in [-0.1, -0.05) is 6.07 Å². The van der Waals surface area contributed by atoms with Crippen LogP contribution in [0.25, 0.3) is 11.3 Å². The minimum atomic E-state index is 0.651. The van der Waals surface area contributed by atoms with Gasteiger partial charge in [0.25, 0.3) is 0 Å². The molecule has 2 rings (SSSR count). The molecule has 0 saturated carbocycles. The maximum Gasteiger partial charge on any atom is 0.170 e. The largest absolute Gasteiger partial charge is 0.493 e. The zero-order valence-corrected chi connectivity index (χ0v) is 10.7. The van der Waals surface area contributed by atoms with Crippen LogP contribution < -0.4 is 15.2 Å². The number of rotatable bonds is 3. The van der Waals surface area contributed by atoms with Gasteiger partial charge in [0.2, 0.25) is 0 Å². The summed E-state index contributed by atoms with van der Waals surface area (Å²) in [5, 5.41) is 0. The molecule has 1 heterocycles. The number of pyridine rings is 1. The van der Waals surface area contributed by atoms with Gasteiger partial charge in [-0.3, -0.25) is 4.98 Å². The van der Waals surface area contributed by atoms with Crippen LogP contribution in [0, 0.1) is 6.92 Å². The van der Waals surface area contributed by atoms with Gasteiger partial charge in [-0.25, -0.2) is 0 Å². The summed E-state index contributed by atoms with van der Waals surface area (Å²) in [7, 11) is 3.24. The van der Waals surface area contributed by atoms with E-state index in [0.717, 1.165) is 16.8 Å². The van der Waals surface area contributed by atoms with Crippen LogP contribution in [0.4, 0.5) is 5.69 Å². The Kier molecular flexibility index (Phi) is 3.37. The van der Waals surface area contributed by atoms with Crippen molar-refractivity contribution < 1.29 is 9.47 Å². The van der Waals surface area contributed by atoms with E-state index in [1.807, 2.05) is 31.2 Å². The summed E-state index contributed by atoms with van der Waals surface area (Å²) in [6, 6.07) is 7.61. The van der Waals surface area contributed by atoms with Gasteiger partial charge in [0.05, 0.1) is 31.8 Å². The van der Waals surface area contributed by atoms with Gasteiger partial charge in [0, 0.05) is 5.56 Å². The van der Waals surface area contributed by atoms with Gasteiger partial charge in [-0.15, -0.1) is 0 Å². The van der Waals surface area contributed by atoms with Crippen molar-refractivity contribution in [1.82, 2.24) is 4.98 Å². The summed E-state index contributed by atoms with van der Waals surface area (Å²) in [6.45, 7) is 1.97. The van der Waals surface area contributed by atoms with Gasteiger partial charge < -0.3 is 15.2 Å². The van der Waals surface area contributed by atoms with Crippen LogP contribution in [-0.4, -0.2) is 19.2 Å². The Hall–Kier alpha value is -2.23. The molecule has 1 aromatic carbocycles. The predicted octanol–water partition coefficient (Wildman–Crippen LogP) is 2.66. The van der Waals surface area contributed by atoms with Crippen LogP contribution in [0.2, 0.25) is 0 Å². The molecule has 94 valence electrons. The monoisotopic (exact) mass is 244 g/mol. The second-order valence-electron chi connectivity index (χ2n) is 3.98. The fourth-order valence-electron chi connectivity index (χ4n) is 1.95. The van der Waals surface area contributed by atoms with Crippen molar-refractivity contribution in [2.45, 2.75) is 6.92 Å². The number of nitrogen functional groups attached to an aromatic ring is 1. The van der Waals surface area contributed by atoms with E-state index in [1.54, 1.807) is 20.4 Å². The van der Waals surface area contributed by atoms with Crippen LogP contribution in [0.3, 0.4) is 0 Å². The maximum absolute atomic E-state index is 5.71. The highest BCUT2D eigenvalue weighted by Gasteiger charge is 2.14. The highest BCUT2D eigenvalue weighted by atomic mass is 16.5. The molecule has 0 radical (unpaired) electrons. The Morgan fingerprint density at radius 3 is 2.56 bits per heavy atom. The quantitative estimate of drug-likeness (QED) is 0.901. The number of benzene rings is 1. The van der Waals surface area contributed by atoms with Crippen molar-refractivity contribution in [2.24, 2.45) is 0 Å². The van der Waals surface area contributed by atoms with E-state index >= 15 is 0 Å². The van der Waals surface area contributed by atoms with Crippen molar-refractivity contribution in [3.63, 3.8) is 0 Å². The Bertz CT molecular complexity index is 568.